The molecule has 0 fully saturated rings. The standard InChI is InChI=1S/C22H22N8O/c1-30-19-5-4-16(9-15(19)11-26-30)27-21-18(20(23)31)12-25-22(29-21)28-17-3-2-14-10-24-7-6-13(14)8-17/h2-5,8-9,11-12,24H,6-7,10H2,1H3,(H2,23,31)(H2,25,27,28,29). The van der Waals surface area contributed by atoms with Crippen molar-refractivity contribution in [1.29, 1.82) is 0 Å². The Labute approximate surface area is 178 Å². The van der Waals surface area contributed by atoms with Gasteiger partial charge < -0.3 is 21.7 Å². The van der Waals surface area contributed by atoms with Crippen LogP contribution in [0.1, 0.15) is 21.5 Å². The average Bonchev–Trinajstić information content (AvgIpc) is 3.14. The smallest absolute Gasteiger partial charge is 0.254 e. The number of rotatable bonds is 5. The summed E-state index contributed by atoms with van der Waals surface area (Å²) in [6, 6.07) is 12.0. The first-order valence-corrected chi connectivity index (χ1v) is 10.0. The molecular weight excluding hydrogens is 392 g/mol. The fourth-order valence-corrected chi connectivity index (χ4v) is 3.78. The van der Waals surface area contributed by atoms with Crippen LogP contribution < -0.4 is 21.7 Å². The number of carbonyl (C=O) groups is 1. The van der Waals surface area contributed by atoms with Gasteiger partial charge in [0.05, 0.1) is 11.7 Å². The number of nitrogens with one attached hydrogen (secondary N) is 3. The van der Waals surface area contributed by atoms with E-state index in [1.165, 1.54) is 17.3 Å². The lowest BCUT2D eigenvalue weighted by molar-refractivity contribution is 0.100. The molecule has 1 aliphatic heterocycles. The van der Waals surface area contributed by atoms with Gasteiger partial charge in [0.2, 0.25) is 5.95 Å². The molecule has 0 saturated carbocycles. The normalized spacial score (nSPS) is 13.1. The van der Waals surface area contributed by atoms with Gasteiger partial charge in [-0.15, -0.1) is 0 Å². The Hall–Kier alpha value is -3.98. The van der Waals surface area contributed by atoms with E-state index in [-0.39, 0.29) is 5.56 Å². The minimum absolute atomic E-state index is 0.216. The highest BCUT2D eigenvalue weighted by atomic mass is 16.1. The first-order valence-electron chi connectivity index (χ1n) is 10.0. The van der Waals surface area contributed by atoms with Gasteiger partial charge in [-0.1, -0.05) is 6.07 Å². The Morgan fingerprint density at radius 3 is 2.81 bits per heavy atom. The molecular formula is C22H22N8O. The first kappa shape index (κ1) is 19.0. The molecule has 2 aromatic carbocycles. The van der Waals surface area contributed by atoms with Gasteiger partial charge in [0.25, 0.3) is 5.91 Å². The van der Waals surface area contributed by atoms with Crippen LogP contribution in [-0.4, -0.2) is 32.2 Å². The highest BCUT2D eigenvalue weighted by molar-refractivity contribution is 5.98. The fraction of sp³-hybridized carbons (Fsp3) is 0.182. The molecule has 0 atom stereocenters. The molecule has 0 spiro atoms. The number of anilines is 4. The maximum Gasteiger partial charge on any atom is 0.254 e. The maximum absolute atomic E-state index is 11.9. The van der Waals surface area contributed by atoms with Crippen LogP contribution in [0.4, 0.5) is 23.1 Å². The van der Waals surface area contributed by atoms with Crippen molar-refractivity contribution in [3.8, 4) is 0 Å². The van der Waals surface area contributed by atoms with Crippen molar-refractivity contribution in [2.24, 2.45) is 12.8 Å². The summed E-state index contributed by atoms with van der Waals surface area (Å²) in [6.45, 7) is 1.85. The Morgan fingerprint density at radius 1 is 1.10 bits per heavy atom. The summed E-state index contributed by atoms with van der Waals surface area (Å²) in [5.41, 5.74) is 11.0. The summed E-state index contributed by atoms with van der Waals surface area (Å²) in [5.74, 6) is 0.122. The minimum atomic E-state index is -0.599. The summed E-state index contributed by atoms with van der Waals surface area (Å²) in [7, 11) is 1.89. The number of aryl methyl sites for hydroxylation is 1. The molecule has 9 nitrogen and oxygen atoms in total. The van der Waals surface area contributed by atoms with Crippen molar-refractivity contribution in [2.75, 3.05) is 17.2 Å². The molecule has 0 saturated heterocycles. The fourth-order valence-electron chi connectivity index (χ4n) is 3.78. The van der Waals surface area contributed by atoms with E-state index < -0.39 is 5.91 Å². The zero-order valence-electron chi connectivity index (χ0n) is 17.0. The number of aromatic nitrogens is 4. The van der Waals surface area contributed by atoms with E-state index in [4.69, 9.17) is 5.73 Å². The van der Waals surface area contributed by atoms with Gasteiger partial charge in [0.15, 0.2) is 0 Å². The molecule has 1 aliphatic rings. The summed E-state index contributed by atoms with van der Waals surface area (Å²) < 4.78 is 1.80. The Balaban J connectivity index is 1.44. The van der Waals surface area contributed by atoms with Crippen LogP contribution in [0.25, 0.3) is 10.9 Å². The summed E-state index contributed by atoms with van der Waals surface area (Å²) >= 11 is 0. The van der Waals surface area contributed by atoms with Crippen molar-refractivity contribution in [3.63, 3.8) is 0 Å². The third-order valence-electron chi connectivity index (χ3n) is 5.41. The molecule has 31 heavy (non-hydrogen) atoms. The molecule has 2 aromatic heterocycles. The Morgan fingerprint density at radius 2 is 1.94 bits per heavy atom. The van der Waals surface area contributed by atoms with Crippen LogP contribution in [0.3, 0.4) is 0 Å². The average molecular weight is 414 g/mol. The monoisotopic (exact) mass is 414 g/mol. The Bertz CT molecular complexity index is 1300. The number of fused-ring (bicyclic) bond motifs is 2. The second-order valence-electron chi connectivity index (χ2n) is 7.52. The van der Waals surface area contributed by atoms with E-state index in [2.05, 4.69) is 43.1 Å². The quantitative estimate of drug-likeness (QED) is 0.396. The van der Waals surface area contributed by atoms with Crippen molar-refractivity contribution in [1.82, 2.24) is 25.1 Å². The van der Waals surface area contributed by atoms with Gasteiger partial charge in [-0.3, -0.25) is 9.48 Å². The van der Waals surface area contributed by atoms with E-state index in [1.54, 1.807) is 10.9 Å². The van der Waals surface area contributed by atoms with E-state index in [0.29, 0.717) is 11.8 Å². The third kappa shape index (κ3) is 3.78. The lowest BCUT2D eigenvalue weighted by Crippen LogP contribution is -2.23. The van der Waals surface area contributed by atoms with Crippen LogP contribution in [0.15, 0.2) is 48.8 Å². The van der Waals surface area contributed by atoms with Gasteiger partial charge in [-0.2, -0.15) is 10.1 Å². The maximum atomic E-state index is 11.9. The summed E-state index contributed by atoms with van der Waals surface area (Å²) in [4.78, 5) is 20.7. The molecule has 0 aliphatic carbocycles. The predicted octanol–water partition coefficient (Wildman–Crippen LogP) is 2.60. The number of hydrogen-bond donors (Lipinski definition) is 4. The highest BCUT2D eigenvalue weighted by Crippen LogP contribution is 2.25. The van der Waals surface area contributed by atoms with Crippen molar-refractivity contribution < 1.29 is 4.79 Å². The molecule has 156 valence electrons. The van der Waals surface area contributed by atoms with Gasteiger partial charge in [-0.05, 0) is 54.4 Å². The largest absolute Gasteiger partial charge is 0.365 e. The number of primary amides is 1. The number of hydrogen-bond acceptors (Lipinski definition) is 7. The van der Waals surface area contributed by atoms with Gasteiger partial charge in [-0.25, -0.2) is 4.98 Å². The Kier molecular flexibility index (Phi) is 4.72. The van der Waals surface area contributed by atoms with Gasteiger partial charge >= 0.3 is 0 Å². The zero-order valence-corrected chi connectivity index (χ0v) is 17.0. The van der Waals surface area contributed by atoms with E-state index in [0.717, 1.165) is 41.8 Å². The molecule has 0 bridgehead atoms. The third-order valence-corrected chi connectivity index (χ3v) is 5.41. The topological polar surface area (TPSA) is 123 Å². The molecule has 1 amide bonds. The van der Waals surface area contributed by atoms with Crippen LogP contribution >= 0.6 is 0 Å². The lowest BCUT2D eigenvalue weighted by Gasteiger charge is -2.18. The lowest BCUT2D eigenvalue weighted by atomic mass is 10.0. The minimum Gasteiger partial charge on any atom is -0.365 e. The number of carbonyl (C=O) groups excluding carboxylic acids is 1. The van der Waals surface area contributed by atoms with E-state index >= 15 is 0 Å². The van der Waals surface area contributed by atoms with Crippen LogP contribution in [0.2, 0.25) is 0 Å². The van der Waals surface area contributed by atoms with E-state index in [1.807, 2.05) is 31.3 Å². The van der Waals surface area contributed by atoms with Crippen molar-refractivity contribution in [3.05, 3.63) is 65.5 Å². The molecule has 0 unspecified atom stereocenters. The van der Waals surface area contributed by atoms with Gasteiger partial charge in [0.1, 0.15) is 11.4 Å². The molecule has 4 aromatic rings. The SMILES string of the molecule is Cn1ncc2cc(Nc3nc(Nc4ccc5c(c4)CCNC5)ncc3C(N)=O)ccc21. The molecule has 9 heteroatoms. The number of nitrogens with two attached hydrogens (primary N) is 1. The first-order chi connectivity index (χ1) is 15.1. The molecule has 3 heterocycles. The van der Waals surface area contributed by atoms with Crippen molar-refractivity contribution >= 4 is 40.0 Å². The second kappa shape index (κ2) is 7.69. The molecule has 5 rings (SSSR count). The summed E-state index contributed by atoms with van der Waals surface area (Å²) in [6.07, 6.45) is 4.20. The molecule has 0 radical (unpaired) electrons. The van der Waals surface area contributed by atoms with Crippen LogP contribution in [0, 0.1) is 0 Å². The number of amides is 1. The highest BCUT2D eigenvalue weighted by Gasteiger charge is 2.14. The van der Waals surface area contributed by atoms with Gasteiger partial charge in [0, 0.05) is 36.6 Å². The second-order valence-corrected chi connectivity index (χ2v) is 7.52. The van der Waals surface area contributed by atoms with Crippen LogP contribution in [-0.2, 0) is 20.0 Å². The van der Waals surface area contributed by atoms with Crippen molar-refractivity contribution in [2.45, 2.75) is 13.0 Å². The number of benzene rings is 2. The number of nitrogens with zero attached hydrogens (tertiary/aromatic N) is 4. The summed E-state index contributed by atoms with van der Waals surface area (Å²) in [5, 5.41) is 15.0. The molecule has 5 N–H and O–H groups in total. The zero-order chi connectivity index (χ0) is 21.4. The predicted molar refractivity (Wildman–Crippen MR) is 120 cm³/mol. The van der Waals surface area contributed by atoms with E-state index in [9.17, 15) is 4.79 Å². The van der Waals surface area contributed by atoms with Crippen LogP contribution in [0.5, 0.6) is 0 Å².